The Morgan fingerprint density at radius 3 is 2.10 bits per heavy atom. The lowest BCUT2D eigenvalue weighted by Gasteiger charge is -2.24. The van der Waals surface area contributed by atoms with Crippen LogP contribution < -0.4 is 5.73 Å². The van der Waals surface area contributed by atoms with Crippen LogP contribution >= 0.6 is 0 Å². The smallest absolute Gasteiger partial charge is 0.157 e. The molecule has 6 aromatic carbocycles. The molecule has 59 heavy (non-hydrogen) atoms. The summed E-state index contributed by atoms with van der Waals surface area (Å²) >= 11 is 0. The van der Waals surface area contributed by atoms with Gasteiger partial charge in [0.1, 0.15) is 5.84 Å². The highest BCUT2D eigenvalue weighted by Crippen LogP contribution is 2.37. The number of nitrogens with two attached hydrogens (primary N) is 1. The van der Waals surface area contributed by atoms with Crippen molar-refractivity contribution in [1.82, 2.24) is 0 Å². The van der Waals surface area contributed by atoms with E-state index >= 15 is 0 Å². The maximum absolute atomic E-state index is 7.08. The fraction of sp³-hybridized carbons (Fsp3) is 0.143. The number of amidine groups is 2. The Kier molecular flexibility index (Phi) is 12.1. The van der Waals surface area contributed by atoms with Gasteiger partial charge in [0, 0.05) is 16.5 Å². The van der Waals surface area contributed by atoms with E-state index in [1.807, 2.05) is 48.6 Å². The third kappa shape index (κ3) is 8.71. The molecule has 0 spiro atoms. The van der Waals surface area contributed by atoms with Gasteiger partial charge in [-0.3, -0.25) is 4.99 Å². The summed E-state index contributed by atoms with van der Waals surface area (Å²) in [6.45, 7) is 19.5. The zero-order valence-electron chi connectivity index (χ0n) is 35.0. The zero-order chi connectivity index (χ0) is 41.5. The van der Waals surface area contributed by atoms with Crippen LogP contribution in [-0.4, -0.2) is 18.2 Å². The van der Waals surface area contributed by atoms with E-state index in [1.54, 1.807) is 0 Å². The predicted octanol–water partition coefficient (Wildman–Crippen LogP) is 14.3. The fourth-order valence-corrected chi connectivity index (χ4v) is 8.00. The lowest BCUT2D eigenvalue weighted by atomic mass is 9.84. The summed E-state index contributed by atoms with van der Waals surface area (Å²) in [5.41, 5.74) is 22.6. The molecule has 1 aliphatic rings. The van der Waals surface area contributed by atoms with E-state index in [0.29, 0.717) is 18.2 Å². The first-order valence-electron chi connectivity index (χ1n) is 20.4. The molecule has 1 unspecified atom stereocenters. The van der Waals surface area contributed by atoms with Crippen molar-refractivity contribution >= 4 is 40.7 Å². The van der Waals surface area contributed by atoms with Gasteiger partial charge in [0.05, 0.1) is 6.54 Å². The number of nitrogens with zero attached hydrogens (tertiary/aromatic N) is 2. The second-order valence-electron chi connectivity index (χ2n) is 15.7. The third-order valence-corrected chi connectivity index (χ3v) is 11.5. The first kappa shape index (κ1) is 40.4. The minimum absolute atomic E-state index is 0.0935. The van der Waals surface area contributed by atoms with Gasteiger partial charge in [0.2, 0.25) is 0 Å². The van der Waals surface area contributed by atoms with Gasteiger partial charge < -0.3 is 5.73 Å². The number of hydrogen-bond acceptors (Lipinski definition) is 1. The van der Waals surface area contributed by atoms with Crippen LogP contribution in [0.1, 0.15) is 64.8 Å². The molecule has 0 aromatic heterocycles. The lowest BCUT2D eigenvalue weighted by molar-refractivity contribution is 0.445. The van der Waals surface area contributed by atoms with Crippen molar-refractivity contribution in [1.29, 1.82) is 0 Å². The van der Waals surface area contributed by atoms with Crippen LogP contribution in [0.15, 0.2) is 175 Å². The molecule has 2 N–H and O–H groups in total. The Labute approximate surface area is 350 Å². The Morgan fingerprint density at radius 2 is 1.41 bits per heavy atom. The summed E-state index contributed by atoms with van der Waals surface area (Å²) in [6.07, 6.45) is 21.8. The first-order valence-corrected chi connectivity index (χ1v) is 20.4. The van der Waals surface area contributed by atoms with Gasteiger partial charge in [-0.15, -0.1) is 0 Å². The summed E-state index contributed by atoms with van der Waals surface area (Å²) in [4.78, 5) is 10.2. The van der Waals surface area contributed by atoms with Gasteiger partial charge in [0.15, 0.2) is 5.84 Å². The van der Waals surface area contributed by atoms with Crippen LogP contribution in [0, 0.1) is 26.2 Å². The maximum Gasteiger partial charge on any atom is 0.157 e. The summed E-state index contributed by atoms with van der Waals surface area (Å²) in [6, 6.07) is 38.7. The molecule has 292 valence electrons. The number of aliphatic imine (C=N–C) groups is 2. The number of benzene rings is 6. The van der Waals surface area contributed by atoms with Crippen molar-refractivity contribution in [3.05, 3.63) is 209 Å². The van der Waals surface area contributed by atoms with Gasteiger partial charge in [-0.05, 0) is 136 Å². The Bertz CT molecular complexity index is 2740. The van der Waals surface area contributed by atoms with Crippen molar-refractivity contribution in [2.45, 2.75) is 41.0 Å². The molecule has 0 saturated carbocycles. The lowest BCUT2D eigenvalue weighted by Crippen LogP contribution is -2.20. The number of fused-ring (bicyclic) bond motifs is 1. The van der Waals surface area contributed by atoms with Gasteiger partial charge in [-0.1, -0.05) is 166 Å². The summed E-state index contributed by atoms with van der Waals surface area (Å²) in [5.74, 6) is 1.03. The molecule has 0 saturated heterocycles. The molecule has 0 radical (unpaired) electrons. The van der Waals surface area contributed by atoms with E-state index in [2.05, 4.69) is 169 Å². The molecular formula is C56H53N3. The summed E-state index contributed by atoms with van der Waals surface area (Å²) in [5, 5.41) is 2.38. The van der Waals surface area contributed by atoms with E-state index in [0.717, 1.165) is 45.4 Å². The molecule has 3 heteroatoms. The fourth-order valence-electron chi connectivity index (χ4n) is 8.00. The van der Waals surface area contributed by atoms with Crippen molar-refractivity contribution in [2.75, 3.05) is 6.54 Å². The molecule has 0 heterocycles. The number of aryl methyl sites for hydroxylation is 1. The molecule has 1 aliphatic carbocycles. The van der Waals surface area contributed by atoms with Crippen LogP contribution in [0.4, 0.5) is 0 Å². The van der Waals surface area contributed by atoms with Crippen molar-refractivity contribution in [2.24, 2.45) is 21.1 Å². The molecule has 0 bridgehead atoms. The molecule has 7 rings (SSSR count). The molecular weight excluding hydrogens is 715 g/mol. The highest BCUT2D eigenvalue weighted by Gasteiger charge is 2.21. The van der Waals surface area contributed by atoms with Gasteiger partial charge in [-0.2, -0.15) is 0 Å². The van der Waals surface area contributed by atoms with E-state index in [4.69, 9.17) is 15.7 Å². The first-order chi connectivity index (χ1) is 28.6. The summed E-state index contributed by atoms with van der Waals surface area (Å²) in [7, 11) is 0. The molecule has 0 aliphatic heterocycles. The van der Waals surface area contributed by atoms with Crippen LogP contribution in [0.3, 0.4) is 0 Å². The molecule has 0 fully saturated rings. The molecule has 1 atom stereocenters. The standard InChI is InChI=1S/C56H53N3/c1-8-11-23-49-38(4)20-18-24-51(49)42-27-25-41(26-28-42)45-33-46(44-29-30-52-48(10-3)39(5)40(6)50(19-9-2)53(52)36-44)35-47(34-45)54(57)59-55(43-21-14-12-15-22-43)58-37-56(7)31-16-13-17-32-56/h8-31,33-36H,1,3,32,37H2,2,4-7H3,(H2,57,58,59)/b19-9-,23-11-. The predicted molar refractivity (Wildman–Crippen MR) is 258 cm³/mol. The average molecular weight is 768 g/mol. The average Bonchev–Trinajstić information content (AvgIpc) is 3.26. The van der Waals surface area contributed by atoms with Crippen LogP contribution in [0.25, 0.3) is 62.4 Å². The second-order valence-corrected chi connectivity index (χ2v) is 15.7. The van der Waals surface area contributed by atoms with Gasteiger partial charge in [-0.25, -0.2) is 4.99 Å². The number of hydrogen-bond donors (Lipinski definition) is 1. The Hall–Kier alpha value is -6.84. The monoisotopic (exact) mass is 767 g/mol. The maximum atomic E-state index is 7.08. The highest BCUT2D eigenvalue weighted by molar-refractivity contribution is 6.12. The SMILES string of the molecule is C=C/C=C\c1c(C)cccc1-c1ccc(-c2cc(C(N)=NC(=NCC3(C)C=CC=CC3)c3ccccc3)cc(-c3ccc4c(C=C)c(C)c(C)c(/C=C\C)c4c3)c2)cc1. The Morgan fingerprint density at radius 1 is 0.695 bits per heavy atom. The minimum atomic E-state index is -0.0935. The molecule has 0 amide bonds. The van der Waals surface area contributed by atoms with Crippen LogP contribution in [0.2, 0.25) is 0 Å². The normalized spacial score (nSPS) is 15.7. The number of rotatable bonds is 11. The largest absolute Gasteiger partial charge is 0.383 e. The van der Waals surface area contributed by atoms with E-state index < -0.39 is 0 Å². The van der Waals surface area contributed by atoms with Gasteiger partial charge in [0.25, 0.3) is 0 Å². The van der Waals surface area contributed by atoms with Crippen LogP contribution in [-0.2, 0) is 0 Å². The van der Waals surface area contributed by atoms with E-state index in [9.17, 15) is 0 Å². The van der Waals surface area contributed by atoms with Crippen molar-refractivity contribution < 1.29 is 0 Å². The van der Waals surface area contributed by atoms with Crippen molar-refractivity contribution in [3.8, 4) is 33.4 Å². The summed E-state index contributed by atoms with van der Waals surface area (Å²) < 4.78 is 0. The molecule has 6 aromatic rings. The minimum Gasteiger partial charge on any atom is -0.383 e. The van der Waals surface area contributed by atoms with E-state index in [-0.39, 0.29) is 5.41 Å². The Balaban J connectivity index is 1.39. The van der Waals surface area contributed by atoms with E-state index in [1.165, 1.54) is 49.7 Å². The van der Waals surface area contributed by atoms with Crippen LogP contribution in [0.5, 0.6) is 0 Å². The third-order valence-electron chi connectivity index (χ3n) is 11.5. The zero-order valence-corrected chi connectivity index (χ0v) is 35.0. The quantitative estimate of drug-likeness (QED) is 0.0797. The van der Waals surface area contributed by atoms with Crippen molar-refractivity contribution in [3.63, 3.8) is 0 Å². The molecule has 3 nitrogen and oxygen atoms in total. The number of allylic oxidation sites excluding steroid dienone is 6. The topological polar surface area (TPSA) is 50.7 Å². The highest BCUT2D eigenvalue weighted by atomic mass is 15.0. The van der Waals surface area contributed by atoms with Gasteiger partial charge >= 0.3 is 0 Å². The second kappa shape index (κ2) is 17.7.